The number of fused-ring (bicyclic) bond motifs is 1. The Hall–Kier alpha value is -4.18. The van der Waals surface area contributed by atoms with Crippen molar-refractivity contribution in [3.63, 3.8) is 0 Å². The highest BCUT2D eigenvalue weighted by atomic mass is 32.1. The van der Waals surface area contributed by atoms with Crippen LogP contribution < -0.4 is 29.1 Å². The maximum Gasteiger partial charge on any atom is 0.338 e. The number of hydrogen-bond donors (Lipinski definition) is 0. The van der Waals surface area contributed by atoms with E-state index in [-0.39, 0.29) is 29.4 Å². The molecular weight excluding hydrogens is 556 g/mol. The molecule has 0 saturated carbocycles. The fourth-order valence-corrected chi connectivity index (χ4v) is 5.50. The van der Waals surface area contributed by atoms with E-state index in [0.29, 0.717) is 39.6 Å². The van der Waals surface area contributed by atoms with Crippen molar-refractivity contribution in [1.82, 2.24) is 4.57 Å². The highest BCUT2D eigenvalue weighted by Gasteiger charge is 2.34. The van der Waals surface area contributed by atoms with Crippen LogP contribution in [-0.4, -0.2) is 36.3 Å². The zero-order valence-corrected chi connectivity index (χ0v) is 25.6. The predicted molar refractivity (Wildman–Crippen MR) is 161 cm³/mol. The summed E-state index contributed by atoms with van der Waals surface area (Å²) in [7, 11) is 0. The number of aromatic nitrogens is 1. The second kappa shape index (κ2) is 13.7. The zero-order chi connectivity index (χ0) is 30.4. The first-order chi connectivity index (χ1) is 20.1. The van der Waals surface area contributed by atoms with Gasteiger partial charge >= 0.3 is 11.9 Å². The molecule has 9 nitrogen and oxygen atoms in total. The molecule has 1 aliphatic rings. The average molecular weight is 593 g/mol. The number of carbonyl (C=O) groups excluding carboxylic acids is 2. The number of rotatable bonds is 11. The number of carbonyl (C=O) groups is 2. The highest BCUT2D eigenvalue weighted by Crippen LogP contribution is 2.36. The predicted octanol–water partition coefficient (Wildman–Crippen LogP) is 4.55. The van der Waals surface area contributed by atoms with E-state index in [1.807, 2.05) is 52.0 Å². The molecule has 2 heterocycles. The molecule has 0 amide bonds. The molecule has 222 valence electrons. The van der Waals surface area contributed by atoms with Gasteiger partial charge in [0, 0.05) is 6.92 Å². The van der Waals surface area contributed by atoms with Crippen molar-refractivity contribution in [3.05, 3.63) is 84.5 Å². The van der Waals surface area contributed by atoms with E-state index in [1.165, 1.54) is 22.8 Å². The normalized spacial score (nSPS) is 14.8. The van der Waals surface area contributed by atoms with Gasteiger partial charge in [0.2, 0.25) is 0 Å². The van der Waals surface area contributed by atoms with Crippen LogP contribution in [0.5, 0.6) is 17.2 Å². The summed E-state index contributed by atoms with van der Waals surface area (Å²) in [4.78, 5) is 44.2. The number of hydrogen-bond acceptors (Lipinski definition) is 9. The van der Waals surface area contributed by atoms with Crippen LogP contribution in [-0.2, 0) is 14.3 Å². The van der Waals surface area contributed by atoms with E-state index < -0.39 is 18.0 Å². The molecule has 0 fully saturated rings. The lowest BCUT2D eigenvalue weighted by Gasteiger charge is -2.25. The topological polar surface area (TPSA) is 105 Å². The molecule has 1 aliphatic heterocycles. The maximum atomic E-state index is 14.0. The molecule has 0 saturated heterocycles. The molecule has 3 aromatic rings. The largest absolute Gasteiger partial charge is 0.494 e. The SMILES string of the molecule is CCCOc1ccc(/C=c2/sc3n(c2=O)[C@@H](c2ccc(OC(C)=O)c(OCC)c2)C(C(=O)OCC(C)C)=C(C)N=3)cc1. The van der Waals surface area contributed by atoms with Crippen molar-refractivity contribution >= 4 is 29.4 Å². The Morgan fingerprint density at radius 1 is 1.07 bits per heavy atom. The Labute approximate surface area is 248 Å². The van der Waals surface area contributed by atoms with Gasteiger partial charge < -0.3 is 18.9 Å². The minimum atomic E-state index is -0.835. The maximum absolute atomic E-state index is 14.0. The summed E-state index contributed by atoms with van der Waals surface area (Å²) in [5.41, 5.74) is 1.84. The molecular formula is C32H36N2O7S. The summed E-state index contributed by atoms with van der Waals surface area (Å²) in [6.07, 6.45) is 2.71. The minimum absolute atomic E-state index is 0.126. The van der Waals surface area contributed by atoms with E-state index in [2.05, 4.69) is 4.99 Å². The Kier molecular flexibility index (Phi) is 10.0. The summed E-state index contributed by atoms with van der Waals surface area (Å²) < 4.78 is 24.4. The van der Waals surface area contributed by atoms with E-state index in [4.69, 9.17) is 18.9 Å². The fourth-order valence-electron chi connectivity index (χ4n) is 4.45. The lowest BCUT2D eigenvalue weighted by molar-refractivity contribution is -0.140. The van der Waals surface area contributed by atoms with Crippen LogP contribution >= 0.6 is 11.3 Å². The van der Waals surface area contributed by atoms with Crippen molar-refractivity contribution in [2.24, 2.45) is 10.9 Å². The molecule has 0 unspecified atom stereocenters. The van der Waals surface area contributed by atoms with Gasteiger partial charge in [0.05, 0.1) is 41.7 Å². The molecule has 0 bridgehead atoms. The fraction of sp³-hybridized carbons (Fsp3) is 0.375. The average Bonchev–Trinajstić information content (AvgIpc) is 3.25. The van der Waals surface area contributed by atoms with Gasteiger partial charge in [-0.05, 0) is 67.7 Å². The molecule has 2 aromatic carbocycles. The van der Waals surface area contributed by atoms with Gasteiger partial charge in [-0.25, -0.2) is 9.79 Å². The quantitative estimate of drug-likeness (QED) is 0.238. The van der Waals surface area contributed by atoms with Crippen molar-refractivity contribution in [3.8, 4) is 17.2 Å². The van der Waals surface area contributed by atoms with Gasteiger partial charge in [-0.2, -0.15) is 0 Å². The first-order valence-electron chi connectivity index (χ1n) is 14.0. The summed E-state index contributed by atoms with van der Waals surface area (Å²) in [5.74, 6) is 0.418. The molecule has 10 heteroatoms. The van der Waals surface area contributed by atoms with Crippen molar-refractivity contribution in [1.29, 1.82) is 0 Å². The third-order valence-electron chi connectivity index (χ3n) is 6.28. The van der Waals surface area contributed by atoms with Crippen LogP contribution in [0.1, 0.15) is 65.1 Å². The van der Waals surface area contributed by atoms with Gasteiger partial charge in [-0.15, -0.1) is 0 Å². The smallest absolute Gasteiger partial charge is 0.338 e. The number of nitrogens with zero attached hydrogens (tertiary/aromatic N) is 2. The summed E-state index contributed by atoms with van der Waals surface area (Å²) in [6, 6.07) is 11.7. The zero-order valence-electron chi connectivity index (χ0n) is 24.8. The molecule has 42 heavy (non-hydrogen) atoms. The van der Waals surface area contributed by atoms with Crippen molar-refractivity contribution in [2.75, 3.05) is 19.8 Å². The van der Waals surface area contributed by atoms with Gasteiger partial charge in [0.15, 0.2) is 16.3 Å². The van der Waals surface area contributed by atoms with Gasteiger partial charge in [0.25, 0.3) is 5.56 Å². The van der Waals surface area contributed by atoms with Crippen LogP contribution in [0, 0.1) is 5.92 Å². The molecule has 0 aliphatic carbocycles. The van der Waals surface area contributed by atoms with Gasteiger partial charge in [-0.1, -0.05) is 50.3 Å². The molecule has 4 rings (SSSR count). The van der Waals surface area contributed by atoms with E-state index in [9.17, 15) is 14.4 Å². The van der Waals surface area contributed by atoms with Gasteiger partial charge in [-0.3, -0.25) is 14.2 Å². The lowest BCUT2D eigenvalue weighted by atomic mass is 9.95. The van der Waals surface area contributed by atoms with Crippen molar-refractivity contribution in [2.45, 2.75) is 54.0 Å². The van der Waals surface area contributed by atoms with Crippen molar-refractivity contribution < 1.29 is 28.5 Å². The third kappa shape index (κ3) is 6.99. The third-order valence-corrected chi connectivity index (χ3v) is 7.26. The van der Waals surface area contributed by atoms with E-state index in [1.54, 1.807) is 31.2 Å². The summed E-state index contributed by atoms with van der Waals surface area (Å²) in [6.45, 7) is 12.0. The number of esters is 2. The van der Waals surface area contributed by atoms with Gasteiger partial charge in [0.1, 0.15) is 5.75 Å². The van der Waals surface area contributed by atoms with E-state index in [0.717, 1.165) is 17.7 Å². The summed E-state index contributed by atoms with van der Waals surface area (Å²) >= 11 is 1.25. The number of thiazole rings is 1. The minimum Gasteiger partial charge on any atom is -0.494 e. The van der Waals surface area contributed by atoms with Crippen LogP contribution in [0.4, 0.5) is 0 Å². The Morgan fingerprint density at radius 3 is 2.45 bits per heavy atom. The first kappa shape index (κ1) is 30.8. The Bertz CT molecular complexity index is 1670. The molecule has 0 radical (unpaired) electrons. The van der Waals surface area contributed by atoms with E-state index >= 15 is 0 Å². The molecule has 0 N–H and O–H groups in total. The standard InChI is InChI=1S/C32H36N2O7S/c1-7-15-39-24-12-9-22(10-13-24)16-27-30(36)34-29(23-11-14-25(41-21(6)35)26(17-23)38-8-2)28(20(5)33-32(34)42-27)31(37)40-18-19(3)4/h9-14,16-17,19,29H,7-8,15,18H2,1-6H3/b27-16+/t29-/m0/s1. The Balaban J connectivity index is 1.86. The monoisotopic (exact) mass is 592 g/mol. The first-order valence-corrected chi connectivity index (χ1v) is 14.8. The number of allylic oxidation sites excluding steroid dienone is 1. The highest BCUT2D eigenvalue weighted by molar-refractivity contribution is 7.07. The van der Waals surface area contributed by atoms with Crippen LogP contribution in [0.2, 0.25) is 0 Å². The van der Waals surface area contributed by atoms with Crippen LogP contribution in [0.3, 0.4) is 0 Å². The lowest BCUT2D eigenvalue weighted by Crippen LogP contribution is -2.40. The number of ether oxygens (including phenoxy) is 4. The summed E-state index contributed by atoms with van der Waals surface area (Å²) in [5, 5.41) is 0. The number of benzene rings is 2. The second-order valence-electron chi connectivity index (χ2n) is 10.2. The van der Waals surface area contributed by atoms with Crippen LogP contribution in [0.15, 0.2) is 63.5 Å². The second-order valence-corrected chi connectivity index (χ2v) is 11.2. The Morgan fingerprint density at radius 2 is 1.81 bits per heavy atom. The molecule has 1 atom stereocenters. The van der Waals surface area contributed by atoms with Crippen LogP contribution in [0.25, 0.3) is 6.08 Å². The molecule has 1 aromatic heterocycles. The molecule has 0 spiro atoms.